The van der Waals surface area contributed by atoms with Crippen LogP contribution in [0.15, 0.2) is 0 Å². The summed E-state index contributed by atoms with van der Waals surface area (Å²) in [5, 5.41) is 9.01. The van der Waals surface area contributed by atoms with Gasteiger partial charge in [0.25, 0.3) is 0 Å². The Morgan fingerprint density at radius 3 is 2.50 bits per heavy atom. The highest BCUT2D eigenvalue weighted by Gasteiger charge is 2.35. The predicted octanol–water partition coefficient (Wildman–Crippen LogP) is 2.48. The SMILES string of the molecule is CN1CC(C)(C)CN(C2CCCC2)CC1CC#N. The van der Waals surface area contributed by atoms with Crippen LogP contribution in [0.5, 0.6) is 0 Å². The molecule has 0 aromatic carbocycles. The average Bonchev–Trinajstić information content (AvgIpc) is 2.76. The molecule has 18 heavy (non-hydrogen) atoms. The molecule has 1 unspecified atom stereocenters. The lowest BCUT2D eigenvalue weighted by atomic mass is 9.92. The second kappa shape index (κ2) is 5.59. The van der Waals surface area contributed by atoms with Gasteiger partial charge < -0.3 is 4.90 Å². The van der Waals surface area contributed by atoms with Gasteiger partial charge in [-0.3, -0.25) is 4.90 Å². The van der Waals surface area contributed by atoms with Crippen LogP contribution in [0.2, 0.25) is 0 Å². The Kier molecular flexibility index (Phi) is 4.29. The van der Waals surface area contributed by atoms with E-state index in [0.29, 0.717) is 17.9 Å². The highest BCUT2D eigenvalue weighted by Crippen LogP contribution is 2.31. The maximum atomic E-state index is 9.01. The van der Waals surface area contributed by atoms with Crippen molar-refractivity contribution in [3.8, 4) is 6.07 Å². The van der Waals surface area contributed by atoms with Crippen molar-refractivity contribution in [1.82, 2.24) is 9.80 Å². The molecule has 1 aliphatic carbocycles. The van der Waals surface area contributed by atoms with E-state index in [1.165, 1.54) is 32.2 Å². The highest BCUT2D eigenvalue weighted by molar-refractivity contribution is 4.93. The van der Waals surface area contributed by atoms with Crippen molar-refractivity contribution in [1.29, 1.82) is 5.26 Å². The van der Waals surface area contributed by atoms with Crippen LogP contribution in [-0.2, 0) is 0 Å². The first-order chi connectivity index (χ1) is 8.52. The summed E-state index contributed by atoms with van der Waals surface area (Å²) in [4.78, 5) is 5.08. The van der Waals surface area contributed by atoms with E-state index in [-0.39, 0.29) is 0 Å². The number of rotatable bonds is 2. The van der Waals surface area contributed by atoms with Gasteiger partial charge in [-0.05, 0) is 25.3 Å². The Bertz CT molecular complexity index is 312. The van der Waals surface area contributed by atoms with Crippen LogP contribution in [0.3, 0.4) is 0 Å². The van der Waals surface area contributed by atoms with Gasteiger partial charge in [0.2, 0.25) is 0 Å². The van der Waals surface area contributed by atoms with Gasteiger partial charge in [-0.25, -0.2) is 0 Å². The zero-order valence-electron chi connectivity index (χ0n) is 12.2. The van der Waals surface area contributed by atoms with E-state index in [0.717, 1.165) is 19.1 Å². The molecule has 2 aliphatic rings. The van der Waals surface area contributed by atoms with Crippen LogP contribution in [0, 0.1) is 16.7 Å². The molecule has 0 aromatic rings. The molecule has 1 aliphatic heterocycles. The minimum atomic E-state index is 0.335. The molecule has 3 heteroatoms. The monoisotopic (exact) mass is 249 g/mol. The summed E-state index contributed by atoms with van der Waals surface area (Å²) < 4.78 is 0. The van der Waals surface area contributed by atoms with Crippen LogP contribution >= 0.6 is 0 Å². The zero-order chi connectivity index (χ0) is 13.2. The largest absolute Gasteiger partial charge is 0.301 e. The molecule has 1 atom stereocenters. The first-order valence-corrected chi connectivity index (χ1v) is 7.33. The van der Waals surface area contributed by atoms with Gasteiger partial charge >= 0.3 is 0 Å². The maximum absolute atomic E-state index is 9.01. The summed E-state index contributed by atoms with van der Waals surface area (Å²) >= 11 is 0. The predicted molar refractivity (Wildman–Crippen MR) is 74.3 cm³/mol. The van der Waals surface area contributed by atoms with E-state index in [1.54, 1.807) is 0 Å². The molecule has 2 rings (SSSR count). The fourth-order valence-electron chi connectivity index (χ4n) is 3.75. The number of hydrogen-bond acceptors (Lipinski definition) is 3. The minimum absolute atomic E-state index is 0.335. The molecule has 3 nitrogen and oxygen atoms in total. The molecule has 0 radical (unpaired) electrons. The third-order valence-corrected chi connectivity index (χ3v) is 4.55. The smallest absolute Gasteiger partial charge is 0.0638 e. The molecular formula is C15H27N3. The third-order valence-electron chi connectivity index (χ3n) is 4.55. The average molecular weight is 249 g/mol. The maximum Gasteiger partial charge on any atom is 0.0638 e. The van der Waals surface area contributed by atoms with Crippen molar-refractivity contribution in [3.05, 3.63) is 0 Å². The minimum Gasteiger partial charge on any atom is -0.301 e. The number of nitrogens with zero attached hydrogens (tertiary/aromatic N) is 3. The molecule has 0 aromatic heterocycles. The van der Waals surface area contributed by atoms with Crippen molar-refractivity contribution in [2.24, 2.45) is 5.41 Å². The second-order valence-electron chi connectivity index (χ2n) is 6.96. The van der Waals surface area contributed by atoms with E-state index in [2.05, 4.69) is 36.8 Å². The van der Waals surface area contributed by atoms with Crippen LogP contribution in [0.25, 0.3) is 0 Å². The van der Waals surface area contributed by atoms with Crippen molar-refractivity contribution in [3.63, 3.8) is 0 Å². The van der Waals surface area contributed by atoms with Crippen molar-refractivity contribution >= 4 is 0 Å². The Morgan fingerprint density at radius 2 is 1.89 bits per heavy atom. The molecule has 0 spiro atoms. The Balaban J connectivity index is 2.10. The quantitative estimate of drug-likeness (QED) is 0.753. The van der Waals surface area contributed by atoms with Gasteiger partial charge in [0.15, 0.2) is 0 Å². The summed E-state index contributed by atoms with van der Waals surface area (Å²) in [6.45, 7) is 8.09. The van der Waals surface area contributed by atoms with Crippen molar-refractivity contribution in [2.45, 2.75) is 58.0 Å². The first kappa shape index (κ1) is 13.8. The normalized spacial score (nSPS) is 31.1. The summed E-state index contributed by atoms with van der Waals surface area (Å²) in [5.74, 6) is 0. The van der Waals surface area contributed by atoms with Crippen molar-refractivity contribution < 1.29 is 0 Å². The molecular weight excluding hydrogens is 222 g/mol. The summed E-state index contributed by atoms with van der Waals surface area (Å²) in [6.07, 6.45) is 6.16. The summed E-state index contributed by atoms with van der Waals surface area (Å²) in [5.41, 5.74) is 0.335. The molecule has 0 bridgehead atoms. The van der Waals surface area contributed by atoms with E-state index in [9.17, 15) is 0 Å². The van der Waals surface area contributed by atoms with E-state index >= 15 is 0 Å². The Morgan fingerprint density at radius 1 is 1.22 bits per heavy atom. The Labute approximate surface area is 112 Å². The lowest BCUT2D eigenvalue weighted by molar-refractivity contribution is 0.148. The topological polar surface area (TPSA) is 30.3 Å². The lowest BCUT2D eigenvalue weighted by Gasteiger charge is -2.33. The zero-order valence-corrected chi connectivity index (χ0v) is 12.2. The van der Waals surface area contributed by atoms with E-state index < -0.39 is 0 Å². The first-order valence-electron chi connectivity index (χ1n) is 7.33. The number of likely N-dealkylation sites (N-methyl/N-ethyl adjacent to an activating group) is 1. The molecule has 2 fully saturated rings. The Hall–Kier alpha value is -0.590. The molecule has 1 saturated carbocycles. The van der Waals surface area contributed by atoms with Gasteiger partial charge in [-0.1, -0.05) is 26.7 Å². The summed E-state index contributed by atoms with van der Waals surface area (Å²) in [7, 11) is 2.18. The number of nitriles is 1. The van der Waals surface area contributed by atoms with Gasteiger partial charge in [0, 0.05) is 31.7 Å². The van der Waals surface area contributed by atoms with Gasteiger partial charge in [0.05, 0.1) is 12.5 Å². The van der Waals surface area contributed by atoms with Crippen molar-refractivity contribution in [2.75, 3.05) is 26.7 Å². The molecule has 0 amide bonds. The van der Waals surface area contributed by atoms with E-state index in [1.807, 2.05) is 0 Å². The number of hydrogen-bond donors (Lipinski definition) is 0. The van der Waals surface area contributed by atoms with Crippen LogP contribution in [0.4, 0.5) is 0 Å². The van der Waals surface area contributed by atoms with Gasteiger partial charge in [-0.15, -0.1) is 0 Å². The van der Waals surface area contributed by atoms with Crippen LogP contribution in [0.1, 0.15) is 46.0 Å². The van der Waals surface area contributed by atoms with E-state index in [4.69, 9.17) is 5.26 Å². The standard InChI is InChI=1S/C15H27N3/c1-15(2)11-17(3)14(8-9-16)10-18(12-15)13-6-4-5-7-13/h13-14H,4-8,10-12H2,1-3H3. The fourth-order valence-corrected chi connectivity index (χ4v) is 3.75. The molecule has 102 valence electrons. The van der Waals surface area contributed by atoms with Gasteiger partial charge in [0.1, 0.15) is 0 Å². The fraction of sp³-hybridized carbons (Fsp3) is 0.933. The van der Waals surface area contributed by atoms with Crippen LogP contribution in [-0.4, -0.2) is 48.6 Å². The van der Waals surface area contributed by atoms with Gasteiger partial charge in [-0.2, -0.15) is 5.26 Å². The third kappa shape index (κ3) is 3.24. The summed E-state index contributed by atoms with van der Waals surface area (Å²) in [6, 6.07) is 3.55. The van der Waals surface area contributed by atoms with Crippen LogP contribution < -0.4 is 0 Å². The molecule has 1 heterocycles. The lowest BCUT2D eigenvalue weighted by Crippen LogP contribution is -2.42. The second-order valence-corrected chi connectivity index (χ2v) is 6.96. The highest BCUT2D eigenvalue weighted by atomic mass is 15.3. The molecule has 0 N–H and O–H groups in total. The molecule has 1 saturated heterocycles.